The van der Waals surface area contributed by atoms with E-state index in [0.717, 1.165) is 5.56 Å². The Bertz CT molecular complexity index is 542. The van der Waals surface area contributed by atoms with E-state index in [2.05, 4.69) is 6.58 Å². The van der Waals surface area contributed by atoms with Gasteiger partial charge in [0.1, 0.15) is 5.76 Å². The van der Waals surface area contributed by atoms with E-state index in [9.17, 15) is 10.2 Å². The summed E-state index contributed by atoms with van der Waals surface area (Å²) in [6.45, 7) is 9.29. The van der Waals surface area contributed by atoms with Crippen molar-refractivity contribution >= 4 is 6.08 Å². The molecule has 1 aromatic rings. The number of benzene rings is 1. The zero-order chi connectivity index (χ0) is 15.1. The summed E-state index contributed by atoms with van der Waals surface area (Å²) >= 11 is 0. The molecule has 0 radical (unpaired) electrons. The molecule has 0 fully saturated rings. The molecule has 0 aliphatic rings. The van der Waals surface area contributed by atoms with Crippen LogP contribution in [0.5, 0.6) is 0 Å². The van der Waals surface area contributed by atoms with Crippen molar-refractivity contribution in [3.05, 3.63) is 77.3 Å². The van der Waals surface area contributed by atoms with Crippen molar-refractivity contribution in [3.63, 3.8) is 0 Å². The second-order valence-corrected chi connectivity index (χ2v) is 5.00. The standard InChI is InChI=1S/C18H22O2/c1-13(2)18(15(4)19)17(20)12-14(3)10-11-16-8-6-5-7-9-16/h5-13,19-20H,3H2,1-2,4H3/b11-10+,17-12+,18-15+. The summed E-state index contributed by atoms with van der Waals surface area (Å²) in [5, 5.41) is 19.7. The average molecular weight is 270 g/mol. The zero-order valence-electron chi connectivity index (χ0n) is 12.3. The van der Waals surface area contributed by atoms with Crippen LogP contribution in [0, 0.1) is 5.92 Å². The lowest BCUT2D eigenvalue weighted by Gasteiger charge is -2.11. The van der Waals surface area contributed by atoms with Crippen LogP contribution >= 0.6 is 0 Å². The molecule has 0 bridgehead atoms. The molecular formula is C18H22O2. The summed E-state index contributed by atoms with van der Waals surface area (Å²) in [6.07, 6.45) is 5.32. The first-order valence-corrected chi connectivity index (χ1v) is 6.64. The molecule has 0 spiro atoms. The minimum atomic E-state index is 0.0437. The Hall–Kier alpha value is -2.22. The van der Waals surface area contributed by atoms with Gasteiger partial charge < -0.3 is 10.2 Å². The number of hydrogen-bond donors (Lipinski definition) is 2. The number of allylic oxidation sites excluding steroid dienone is 5. The highest BCUT2D eigenvalue weighted by Crippen LogP contribution is 2.21. The first-order valence-electron chi connectivity index (χ1n) is 6.64. The molecule has 2 nitrogen and oxygen atoms in total. The normalized spacial score (nSPS) is 13.7. The van der Waals surface area contributed by atoms with Gasteiger partial charge in [0.25, 0.3) is 0 Å². The molecule has 0 amide bonds. The monoisotopic (exact) mass is 270 g/mol. The predicted molar refractivity (Wildman–Crippen MR) is 85.5 cm³/mol. The van der Waals surface area contributed by atoms with Crippen LogP contribution in [0.2, 0.25) is 0 Å². The molecule has 0 heterocycles. The zero-order valence-corrected chi connectivity index (χ0v) is 12.3. The van der Waals surface area contributed by atoms with Crippen LogP contribution in [0.1, 0.15) is 26.3 Å². The predicted octanol–water partition coefficient (Wildman–Crippen LogP) is 5.19. The third-order valence-electron chi connectivity index (χ3n) is 2.85. The van der Waals surface area contributed by atoms with Crippen LogP contribution in [0.4, 0.5) is 0 Å². The molecule has 106 valence electrons. The van der Waals surface area contributed by atoms with E-state index in [1.807, 2.05) is 56.3 Å². The van der Waals surface area contributed by atoms with Gasteiger partial charge in [0.2, 0.25) is 0 Å². The maximum absolute atomic E-state index is 10.1. The van der Waals surface area contributed by atoms with Gasteiger partial charge in [0, 0.05) is 5.57 Å². The number of aliphatic hydroxyl groups excluding tert-OH is 2. The summed E-state index contributed by atoms with van der Waals surface area (Å²) in [5.74, 6) is 0.235. The summed E-state index contributed by atoms with van der Waals surface area (Å²) in [4.78, 5) is 0. The third kappa shape index (κ3) is 4.81. The maximum Gasteiger partial charge on any atom is 0.122 e. The molecule has 2 N–H and O–H groups in total. The SMILES string of the molecule is C=C(/C=C/c1ccccc1)/C=C(O)\C(=C(/C)O)C(C)C. The van der Waals surface area contributed by atoms with Crippen molar-refractivity contribution in [2.24, 2.45) is 5.92 Å². The van der Waals surface area contributed by atoms with E-state index in [0.29, 0.717) is 11.1 Å². The average Bonchev–Trinajstić information content (AvgIpc) is 2.36. The van der Waals surface area contributed by atoms with Gasteiger partial charge in [0.15, 0.2) is 0 Å². The molecule has 0 aromatic heterocycles. The Labute approximate surface area is 121 Å². The van der Waals surface area contributed by atoms with Crippen LogP contribution in [0.25, 0.3) is 6.08 Å². The van der Waals surface area contributed by atoms with E-state index in [1.54, 1.807) is 13.0 Å². The molecule has 0 saturated heterocycles. The fourth-order valence-electron chi connectivity index (χ4n) is 1.97. The highest BCUT2D eigenvalue weighted by molar-refractivity contribution is 5.54. The highest BCUT2D eigenvalue weighted by Gasteiger charge is 2.11. The first kappa shape index (κ1) is 15.8. The van der Waals surface area contributed by atoms with E-state index in [-0.39, 0.29) is 17.4 Å². The van der Waals surface area contributed by atoms with Gasteiger partial charge in [-0.05, 0) is 30.1 Å². The molecule has 20 heavy (non-hydrogen) atoms. The number of rotatable bonds is 5. The number of aliphatic hydroxyl groups is 2. The van der Waals surface area contributed by atoms with Crippen LogP contribution in [0.3, 0.4) is 0 Å². The summed E-state index contributed by atoms with van der Waals surface area (Å²) in [7, 11) is 0. The Kier molecular flexibility index (Phi) is 5.85. The molecule has 0 atom stereocenters. The lowest BCUT2D eigenvalue weighted by atomic mass is 9.99. The number of hydrogen-bond acceptors (Lipinski definition) is 2. The molecule has 0 saturated carbocycles. The summed E-state index contributed by atoms with van der Waals surface area (Å²) in [6, 6.07) is 9.87. The van der Waals surface area contributed by atoms with Crippen molar-refractivity contribution in [1.82, 2.24) is 0 Å². The van der Waals surface area contributed by atoms with Gasteiger partial charge in [-0.1, -0.05) is 62.9 Å². The van der Waals surface area contributed by atoms with Crippen LogP contribution in [0.15, 0.2) is 71.7 Å². The van der Waals surface area contributed by atoms with Gasteiger partial charge in [-0.15, -0.1) is 0 Å². The van der Waals surface area contributed by atoms with Gasteiger partial charge in [-0.2, -0.15) is 0 Å². The van der Waals surface area contributed by atoms with Gasteiger partial charge >= 0.3 is 0 Å². The fraction of sp³-hybridized carbons (Fsp3) is 0.222. The van der Waals surface area contributed by atoms with Crippen molar-refractivity contribution in [1.29, 1.82) is 0 Å². The summed E-state index contributed by atoms with van der Waals surface area (Å²) in [5.41, 5.74) is 2.28. The molecule has 0 unspecified atom stereocenters. The van der Waals surface area contributed by atoms with Crippen LogP contribution in [-0.2, 0) is 0 Å². The minimum absolute atomic E-state index is 0.0437. The van der Waals surface area contributed by atoms with Gasteiger partial charge in [-0.25, -0.2) is 0 Å². The largest absolute Gasteiger partial charge is 0.512 e. The smallest absolute Gasteiger partial charge is 0.122 e. The molecule has 1 aromatic carbocycles. The van der Waals surface area contributed by atoms with E-state index < -0.39 is 0 Å². The summed E-state index contributed by atoms with van der Waals surface area (Å²) < 4.78 is 0. The van der Waals surface area contributed by atoms with E-state index in [1.165, 1.54) is 0 Å². The fourth-order valence-corrected chi connectivity index (χ4v) is 1.97. The second kappa shape index (κ2) is 7.39. The molecule has 0 aliphatic heterocycles. The van der Waals surface area contributed by atoms with Crippen LogP contribution in [-0.4, -0.2) is 10.2 Å². The van der Waals surface area contributed by atoms with E-state index in [4.69, 9.17) is 0 Å². The molecule has 1 rings (SSSR count). The third-order valence-corrected chi connectivity index (χ3v) is 2.85. The maximum atomic E-state index is 10.1. The minimum Gasteiger partial charge on any atom is -0.512 e. The van der Waals surface area contributed by atoms with Gasteiger partial charge in [0.05, 0.1) is 5.76 Å². The second-order valence-electron chi connectivity index (χ2n) is 5.00. The van der Waals surface area contributed by atoms with Crippen molar-refractivity contribution in [2.75, 3.05) is 0 Å². The first-order chi connectivity index (χ1) is 9.41. The van der Waals surface area contributed by atoms with Crippen molar-refractivity contribution in [2.45, 2.75) is 20.8 Å². The Morgan fingerprint density at radius 1 is 1.15 bits per heavy atom. The van der Waals surface area contributed by atoms with Crippen molar-refractivity contribution < 1.29 is 10.2 Å². The molecular weight excluding hydrogens is 248 g/mol. The lowest BCUT2D eigenvalue weighted by molar-refractivity contribution is 0.366. The lowest BCUT2D eigenvalue weighted by Crippen LogP contribution is -2.01. The Morgan fingerprint density at radius 2 is 1.75 bits per heavy atom. The molecule has 0 aliphatic carbocycles. The van der Waals surface area contributed by atoms with Crippen LogP contribution < -0.4 is 0 Å². The molecule has 2 heteroatoms. The van der Waals surface area contributed by atoms with Crippen molar-refractivity contribution in [3.8, 4) is 0 Å². The topological polar surface area (TPSA) is 40.5 Å². The Balaban J connectivity index is 2.86. The van der Waals surface area contributed by atoms with E-state index >= 15 is 0 Å². The Morgan fingerprint density at radius 3 is 2.25 bits per heavy atom. The highest BCUT2D eigenvalue weighted by atomic mass is 16.3. The van der Waals surface area contributed by atoms with Gasteiger partial charge in [-0.3, -0.25) is 0 Å². The quantitative estimate of drug-likeness (QED) is 0.571.